The van der Waals surface area contributed by atoms with Crippen LogP contribution >= 0.6 is 0 Å². The molecule has 2 aromatic rings. The van der Waals surface area contributed by atoms with Crippen LogP contribution in [0, 0.1) is 0 Å². The number of nitrogens with zero attached hydrogens (tertiary/aromatic N) is 1. The van der Waals surface area contributed by atoms with Gasteiger partial charge in [0.15, 0.2) is 6.10 Å². The van der Waals surface area contributed by atoms with Crippen molar-refractivity contribution in [3.63, 3.8) is 0 Å². The van der Waals surface area contributed by atoms with E-state index >= 15 is 0 Å². The van der Waals surface area contributed by atoms with Crippen LogP contribution < -0.4 is 10.2 Å². The summed E-state index contributed by atoms with van der Waals surface area (Å²) in [5.74, 6) is -1.52. The standard InChI is InChI=1S/C21H24N2O5/c1-15(19(24)22-13-14-27-3)28-21(26)18-12-8-7-11-17(18)20(25)23(2)16-9-5-4-6-10-16/h4-12,15H,13-14H2,1-3H3,(H,22,24)/t15-/m1/s1. The van der Waals surface area contributed by atoms with Crippen molar-refractivity contribution in [2.45, 2.75) is 13.0 Å². The summed E-state index contributed by atoms with van der Waals surface area (Å²) in [7, 11) is 3.15. The number of hydrogen-bond acceptors (Lipinski definition) is 5. The average molecular weight is 384 g/mol. The molecule has 0 saturated heterocycles. The average Bonchev–Trinajstić information content (AvgIpc) is 2.73. The fourth-order valence-electron chi connectivity index (χ4n) is 2.49. The minimum atomic E-state index is -1.00. The largest absolute Gasteiger partial charge is 0.449 e. The van der Waals surface area contributed by atoms with E-state index in [4.69, 9.17) is 9.47 Å². The Labute approximate surface area is 164 Å². The number of hydrogen-bond donors (Lipinski definition) is 1. The van der Waals surface area contributed by atoms with Gasteiger partial charge in [0.1, 0.15) is 0 Å². The van der Waals surface area contributed by atoms with Gasteiger partial charge in [0.25, 0.3) is 11.8 Å². The molecule has 2 aromatic carbocycles. The second kappa shape index (κ2) is 10.2. The van der Waals surface area contributed by atoms with Crippen molar-refractivity contribution in [2.75, 3.05) is 32.2 Å². The summed E-state index contributed by atoms with van der Waals surface area (Å²) in [6.07, 6.45) is -1.00. The lowest BCUT2D eigenvalue weighted by molar-refractivity contribution is -0.129. The first kappa shape index (κ1) is 21.1. The molecule has 0 aromatic heterocycles. The van der Waals surface area contributed by atoms with E-state index < -0.39 is 18.0 Å². The molecule has 0 spiro atoms. The van der Waals surface area contributed by atoms with Gasteiger partial charge in [-0.1, -0.05) is 30.3 Å². The number of ether oxygens (including phenoxy) is 2. The number of methoxy groups -OCH3 is 1. The number of nitrogens with one attached hydrogen (secondary N) is 1. The lowest BCUT2D eigenvalue weighted by Crippen LogP contribution is -2.37. The van der Waals surface area contributed by atoms with Crippen LogP contribution in [0.4, 0.5) is 5.69 Å². The molecular formula is C21H24N2O5. The highest BCUT2D eigenvalue weighted by Crippen LogP contribution is 2.18. The topological polar surface area (TPSA) is 84.9 Å². The fraction of sp³-hybridized carbons (Fsp3) is 0.286. The fourth-order valence-corrected chi connectivity index (χ4v) is 2.49. The summed E-state index contributed by atoms with van der Waals surface area (Å²) >= 11 is 0. The van der Waals surface area contributed by atoms with Crippen molar-refractivity contribution in [2.24, 2.45) is 0 Å². The second-order valence-corrected chi connectivity index (χ2v) is 6.08. The smallest absolute Gasteiger partial charge is 0.339 e. The van der Waals surface area contributed by atoms with Gasteiger partial charge in [-0.05, 0) is 31.2 Å². The molecule has 2 rings (SSSR count). The lowest BCUT2D eigenvalue weighted by Gasteiger charge is -2.19. The van der Waals surface area contributed by atoms with Crippen LogP contribution in [0.15, 0.2) is 54.6 Å². The molecule has 1 atom stereocenters. The Bertz CT molecular complexity index is 823. The summed E-state index contributed by atoms with van der Waals surface area (Å²) in [4.78, 5) is 38.9. The van der Waals surface area contributed by atoms with Gasteiger partial charge in [-0.2, -0.15) is 0 Å². The first-order chi connectivity index (χ1) is 13.5. The quantitative estimate of drug-likeness (QED) is 0.557. The molecule has 1 N–H and O–H groups in total. The third-order valence-electron chi connectivity index (χ3n) is 4.08. The number of para-hydroxylation sites is 1. The van der Waals surface area contributed by atoms with E-state index in [1.165, 1.54) is 25.0 Å². The third kappa shape index (κ3) is 5.40. The van der Waals surface area contributed by atoms with Crippen LogP contribution in [0.25, 0.3) is 0 Å². The summed E-state index contributed by atoms with van der Waals surface area (Å²) in [5, 5.41) is 2.60. The van der Waals surface area contributed by atoms with Crippen LogP contribution in [0.5, 0.6) is 0 Å². The Morgan fingerprint density at radius 2 is 1.61 bits per heavy atom. The van der Waals surface area contributed by atoms with E-state index in [9.17, 15) is 14.4 Å². The monoisotopic (exact) mass is 384 g/mol. The maximum absolute atomic E-state index is 12.9. The maximum atomic E-state index is 12.9. The molecule has 0 saturated carbocycles. The SMILES string of the molecule is COCCNC(=O)[C@@H](C)OC(=O)c1ccccc1C(=O)N(C)c1ccccc1. The van der Waals surface area contributed by atoms with Gasteiger partial charge in [0.05, 0.1) is 17.7 Å². The van der Waals surface area contributed by atoms with Gasteiger partial charge in [-0.25, -0.2) is 4.79 Å². The number of rotatable bonds is 8. The Morgan fingerprint density at radius 1 is 1.00 bits per heavy atom. The molecule has 7 heteroatoms. The van der Waals surface area contributed by atoms with Gasteiger partial charge in [0.2, 0.25) is 0 Å². The molecule has 28 heavy (non-hydrogen) atoms. The van der Waals surface area contributed by atoms with E-state index in [-0.39, 0.29) is 17.0 Å². The van der Waals surface area contributed by atoms with Crippen LogP contribution in [-0.4, -0.2) is 51.2 Å². The summed E-state index contributed by atoms with van der Waals surface area (Å²) in [5.41, 5.74) is 0.999. The normalized spacial score (nSPS) is 11.4. The van der Waals surface area contributed by atoms with Gasteiger partial charge < -0.3 is 19.7 Å². The van der Waals surface area contributed by atoms with Crippen molar-refractivity contribution in [3.05, 3.63) is 65.7 Å². The van der Waals surface area contributed by atoms with Crippen molar-refractivity contribution in [3.8, 4) is 0 Å². The van der Waals surface area contributed by atoms with Gasteiger partial charge >= 0.3 is 5.97 Å². The highest BCUT2D eigenvalue weighted by Gasteiger charge is 2.24. The van der Waals surface area contributed by atoms with Crippen molar-refractivity contribution < 1.29 is 23.9 Å². The van der Waals surface area contributed by atoms with E-state index in [2.05, 4.69) is 5.32 Å². The second-order valence-electron chi connectivity index (χ2n) is 6.08. The summed E-state index contributed by atoms with van der Waals surface area (Å²) in [6.45, 7) is 2.14. The number of esters is 1. The Hall–Kier alpha value is -3.19. The first-order valence-electron chi connectivity index (χ1n) is 8.85. The molecule has 0 aliphatic heterocycles. The molecule has 0 heterocycles. The highest BCUT2D eigenvalue weighted by atomic mass is 16.5. The number of anilines is 1. The Kier molecular flexibility index (Phi) is 7.71. The number of carbonyl (C=O) groups excluding carboxylic acids is 3. The zero-order valence-electron chi connectivity index (χ0n) is 16.2. The number of benzene rings is 2. The molecule has 0 aliphatic carbocycles. The summed E-state index contributed by atoms with van der Waals surface area (Å²) < 4.78 is 10.1. The maximum Gasteiger partial charge on any atom is 0.339 e. The number of carbonyl (C=O) groups is 3. The number of amides is 2. The molecule has 7 nitrogen and oxygen atoms in total. The first-order valence-corrected chi connectivity index (χ1v) is 8.85. The molecule has 148 valence electrons. The molecule has 0 aliphatic rings. The van der Waals surface area contributed by atoms with Gasteiger partial charge in [-0.3, -0.25) is 9.59 Å². The lowest BCUT2D eigenvalue weighted by atomic mass is 10.1. The van der Waals surface area contributed by atoms with Crippen LogP contribution in [0.2, 0.25) is 0 Å². The molecule has 2 amide bonds. The highest BCUT2D eigenvalue weighted by molar-refractivity contribution is 6.12. The zero-order chi connectivity index (χ0) is 20.5. The summed E-state index contributed by atoms with van der Waals surface area (Å²) in [6, 6.07) is 15.5. The van der Waals surface area contributed by atoms with Gasteiger partial charge in [0, 0.05) is 26.4 Å². The van der Waals surface area contributed by atoms with E-state index in [0.29, 0.717) is 18.8 Å². The van der Waals surface area contributed by atoms with Crippen LogP contribution in [-0.2, 0) is 14.3 Å². The van der Waals surface area contributed by atoms with Crippen molar-refractivity contribution in [1.29, 1.82) is 0 Å². The zero-order valence-corrected chi connectivity index (χ0v) is 16.2. The Balaban J connectivity index is 2.13. The predicted molar refractivity (Wildman–Crippen MR) is 105 cm³/mol. The van der Waals surface area contributed by atoms with E-state index in [1.54, 1.807) is 37.4 Å². The van der Waals surface area contributed by atoms with Crippen molar-refractivity contribution in [1.82, 2.24) is 5.32 Å². The Morgan fingerprint density at radius 3 is 2.25 bits per heavy atom. The third-order valence-corrected chi connectivity index (χ3v) is 4.08. The molecular weight excluding hydrogens is 360 g/mol. The minimum Gasteiger partial charge on any atom is -0.449 e. The van der Waals surface area contributed by atoms with Gasteiger partial charge in [-0.15, -0.1) is 0 Å². The minimum absolute atomic E-state index is 0.104. The van der Waals surface area contributed by atoms with E-state index in [1.807, 2.05) is 18.2 Å². The van der Waals surface area contributed by atoms with Crippen LogP contribution in [0.1, 0.15) is 27.6 Å². The molecule has 0 bridgehead atoms. The van der Waals surface area contributed by atoms with Crippen LogP contribution in [0.3, 0.4) is 0 Å². The van der Waals surface area contributed by atoms with Crippen molar-refractivity contribution >= 4 is 23.5 Å². The molecule has 0 fully saturated rings. The van der Waals surface area contributed by atoms with E-state index in [0.717, 1.165) is 0 Å². The predicted octanol–water partition coefficient (Wildman–Crippen LogP) is 2.27. The molecule has 0 unspecified atom stereocenters. The molecule has 0 radical (unpaired) electrons.